The summed E-state index contributed by atoms with van der Waals surface area (Å²) in [6, 6.07) is 0. The first-order chi connectivity index (χ1) is 29.1. The Morgan fingerprint density at radius 3 is 1.03 bits per heavy atom. The van der Waals surface area contributed by atoms with E-state index in [4.69, 9.17) is 20.7 Å². The van der Waals surface area contributed by atoms with Crippen LogP contribution in [0.1, 0.15) is 233 Å². The zero-order chi connectivity index (χ0) is 45.2. The molecule has 0 fully saturated rings. The van der Waals surface area contributed by atoms with E-state index in [-0.39, 0.29) is 24.9 Å². The van der Waals surface area contributed by atoms with Crippen LogP contribution in [0.2, 0.25) is 0 Å². The normalized spacial score (nSPS) is 10.7. The number of aliphatic carboxylic acids is 2. The van der Waals surface area contributed by atoms with Gasteiger partial charge in [0.05, 0.1) is 0 Å². The van der Waals surface area contributed by atoms with Crippen LogP contribution >= 0.6 is 0 Å². The Bertz CT molecular complexity index is 852. The second-order valence-corrected chi connectivity index (χ2v) is 16.8. The number of hydrogen-bond acceptors (Lipinski definition) is 7. The number of unbranched alkanes of at least 4 members (excludes halogenated alkanes) is 26. The zero-order valence-electron chi connectivity index (χ0n) is 40.2. The second-order valence-electron chi connectivity index (χ2n) is 16.8. The summed E-state index contributed by atoms with van der Waals surface area (Å²) in [5.74, 6) is -2.04. The predicted molar refractivity (Wildman–Crippen MR) is 253 cm³/mol. The van der Waals surface area contributed by atoms with E-state index in [1.165, 1.54) is 170 Å². The molecule has 11 nitrogen and oxygen atoms in total. The number of likely N-dealkylation sites (N-methyl/N-ethyl adjacent to an activating group) is 2. The molecule has 0 rings (SSSR count). The lowest BCUT2D eigenvalue weighted by atomic mass is 10.1. The second kappa shape index (κ2) is 52.9. The number of carboxylic acid groups (broad SMARTS) is 2. The number of carboxylic acids is 2. The number of nitrogens with one attached hydrogen (secondary N) is 1. The van der Waals surface area contributed by atoms with Gasteiger partial charge in [0.25, 0.3) is 0 Å². The highest BCUT2D eigenvalue weighted by atomic mass is 16.5. The molecule has 60 heavy (non-hydrogen) atoms. The van der Waals surface area contributed by atoms with Crippen molar-refractivity contribution in [3.8, 4) is 0 Å². The molecule has 0 saturated heterocycles. The van der Waals surface area contributed by atoms with Crippen LogP contribution in [0.3, 0.4) is 0 Å². The van der Waals surface area contributed by atoms with Crippen LogP contribution in [0, 0.1) is 0 Å². The van der Waals surface area contributed by atoms with Crippen molar-refractivity contribution in [3.63, 3.8) is 0 Å². The van der Waals surface area contributed by atoms with Gasteiger partial charge in [-0.05, 0) is 51.7 Å². The highest BCUT2D eigenvalue weighted by molar-refractivity contribution is 5.81. The molecule has 358 valence electrons. The lowest BCUT2D eigenvalue weighted by molar-refractivity contribution is -0.143. The van der Waals surface area contributed by atoms with Crippen LogP contribution in [0.4, 0.5) is 0 Å². The Kier molecular flexibility index (Phi) is 54.7. The molecule has 0 aliphatic carbocycles. The Morgan fingerprint density at radius 2 is 0.717 bits per heavy atom. The van der Waals surface area contributed by atoms with Gasteiger partial charge >= 0.3 is 11.9 Å². The molecule has 0 aromatic heterocycles. The summed E-state index contributed by atoms with van der Waals surface area (Å²) in [4.78, 5) is 46.6. The van der Waals surface area contributed by atoms with Gasteiger partial charge in [-0.25, -0.2) is 0 Å². The molecule has 0 aromatic carbocycles. The third kappa shape index (κ3) is 55.8. The number of rotatable bonds is 43. The number of amides is 2. The molecular formula is C49H100N4O7. The van der Waals surface area contributed by atoms with Crippen molar-refractivity contribution >= 4 is 23.8 Å². The molecule has 11 heteroatoms. The van der Waals surface area contributed by atoms with Gasteiger partial charge in [-0.1, -0.05) is 188 Å². The number of carbonyl (C=O) groups is 4. The smallest absolute Gasteiger partial charge is 0.323 e. The lowest BCUT2D eigenvalue weighted by Crippen LogP contribution is -2.31. The molecular weight excluding hydrogens is 757 g/mol. The van der Waals surface area contributed by atoms with Gasteiger partial charge in [-0.15, -0.1) is 0 Å². The summed E-state index contributed by atoms with van der Waals surface area (Å²) in [5, 5.41) is 20.5. The zero-order valence-corrected chi connectivity index (χ0v) is 40.2. The van der Waals surface area contributed by atoms with Crippen molar-refractivity contribution in [2.24, 2.45) is 5.73 Å². The van der Waals surface area contributed by atoms with Crippen molar-refractivity contribution in [1.82, 2.24) is 15.1 Å². The molecule has 0 spiro atoms. The summed E-state index contributed by atoms with van der Waals surface area (Å²) in [5.41, 5.74) is 5.44. The van der Waals surface area contributed by atoms with Crippen LogP contribution in [-0.4, -0.2) is 104 Å². The van der Waals surface area contributed by atoms with Crippen molar-refractivity contribution in [1.29, 1.82) is 0 Å². The number of nitrogens with two attached hydrogens (primary N) is 1. The number of carbonyl (C=O) groups excluding carboxylic acids is 2. The van der Waals surface area contributed by atoms with E-state index in [1.807, 2.05) is 0 Å². The van der Waals surface area contributed by atoms with Crippen molar-refractivity contribution < 1.29 is 34.1 Å². The predicted octanol–water partition coefficient (Wildman–Crippen LogP) is 11.5. The Morgan fingerprint density at radius 1 is 0.433 bits per heavy atom. The highest BCUT2D eigenvalue weighted by Gasteiger charge is 2.12. The first-order valence-corrected chi connectivity index (χ1v) is 25.0. The van der Waals surface area contributed by atoms with Crippen molar-refractivity contribution in [3.05, 3.63) is 0 Å². The van der Waals surface area contributed by atoms with Gasteiger partial charge in [0, 0.05) is 40.2 Å². The van der Waals surface area contributed by atoms with Crippen LogP contribution in [-0.2, 0) is 23.9 Å². The Balaban J connectivity index is -0.000000815. The van der Waals surface area contributed by atoms with E-state index in [2.05, 4.69) is 26.1 Å². The van der Waals surface area contributed by atoms with E-state index in [0.717, 1.165) is 71.4 Å². The minimum atomic E-state index is -0.956. The first kappa shape index (κ1) is 62.1. The fourth-order valence-electron chi connectivity index (χ4n) is 6.76. The summed E-state index contributed by atoms with van der Waals surface area (Å²) < 4.78 is 5.66. The molecule has 0 radical (unpaired) electrons. The maximum atomic E-state index is 11.5. The molecule has 5 N–H and O–H groups in total. The van der Waals surface area contributed by atoms with E-state index >= 15 is 0 Å². The maximum absolute atomic E-state index is 11.5. The molecule has 0 atom stereocenters. The molecule has 0 aromatic rings. The van der Waals surface area contributed by atoms with Gasteiger partial charge in [0.1, 0.15) is 13.1 Å². The molecule has 0 aliphatic heterocycles. The number of nitrogens with zero attached hydrogens (tertiary/aromatic N) is 2. The maximum Gasteiger partial charge on any atom is 0.323 e. The minimum Gasteiger partial charge on any atom is -0.480 e. The summed E-state index contributed by atoms with van der Waals surface area (Å²) in [6.45, 7) is 11.0. The molecule has 0 saturated carbocycles. The Labute approximate surface area is 370 Å². The molecule has 0 heterocycles. The number of hydrogen-bond donors (Lipinski definition) is 4. The highest BCUT2D eigenvalue weighted by Crippen LogP contribution is 2.13. The van der Waals surface area contributed by atoms with Crippen LogP contribution in [0.15, 0.2) is 0 Å². The third-order valence-corrected chi connectivity index (χ3v) is 10.7. The largest absolute Gasteiger partial charge is 0.480 e. The van der Waals surface area contributed by atoms with Crippen LogP contribution in [0.5, 0.6) is 0 Å². The average Bonchev–Trinajstić information content (AvgIpc) is 3.21. The van der Waals surface area contributed by atoms with Crippen molar-refractivity contribution in [2.75, 3.05) is 60.0 Å². The number of ether oxygens (including phenoxy) is 1. The first-order valence-electron chi connectivity index (χ1n) is 25.0. The van der Waals surface area contributed by atoms with Gasteiger partial charge < -0.3 is 35.8 Å². The standard InChI is InChI=1S/C19H42N2O.2C15H29NO3/c1-2-3-4-5-6-7-8-9-10-11-12-18-22-19-14-17-21-16-13-15-20;2*1-3-4-5-6-7-8-9-10-11-12-14(17)16(2)13-15(18)19/h21H,2-20H2,1H3;2*3-13H2,1-2H3,(H,18,19). The van der Waals surface area contributed by atoms with E-state index in [1.54, 1.807) is 14.1 Å². The summed E-state index contributed by atoms with van der Waals surface area (Å²) in [7, 11) is 3.09. The van der Waals surface area contributed by atoms with E-state index in [0.29, 0.717) is 12.8 Å². The SMILES string of the molecule is CCCCCCCCCCCC(=O)N(C)CC(=O)O.CCCCCCCCCCCC(=O)N(C)CC(=O)O.CCCCCCCCCCCCCOCCCNCCCN. The molecule has 2 amide bonds. The van der Waals surface area contributed by atoms with Gasteiger partial charge in [0.15, 0.2) is 0 Å². The van der Waals surface area contributed by atoms with Gasteiger partial charge in [-0.3, -0.25) is 19.2 Å². The summed E-state index contributed by atoms with van der Waals surface area (Å²) >= 11 is 0. The van der Waals surface area contributed by atoms with Gasteiger partial charge in [0.2, 0.25) is 11.8 Å². The van der Waals surface area contributed by atoms with Gasteiger partial charge in [-0.2, -0.15) is 0 Å². The molecule has 0 unspecified atom stereocenters. The summed E-state index contributed by atoms with van der Waals surface area (Å²) in [6.07, 6.45) is 40.4. The van der Waals surface area contributed by atoms with Crippen molar-refractivity contribution in [2.45, 2.75) is 233 Å². The average molecular weight is 857 g/mol. The van der Waals surface area contributed by atoms with E-state index in [9.17, 15) is 19.2 Å². The fraction of sp³-hybridized carbons (Fsp3) is 0.918. The third-order valence-electron chi connectivity index (χ3n) is 10.7. The molecule has 0 aliphatic rings. The minimum absolute atomic E-state index is 0.0645. The quantitative estimate of drug-likeness (QED) is 0.0437. The van der Waals surface area contributed by atoms with E-state index < -0.39 is 11.9 Å². The molecule has 0 bridgehead atoms. The lowest BCUT2D eigenvalue weighted by Gasteiger charge is -2.14. The topological polar surface area (TPSA) is 163 Å². The van der Waals surface area contributed by atoms with Crippen LogP contribution < -0.4 is 11.1 Å². The van der Waals surface area contributed by atoms with Crippen LogP contribution in [0.25, 0.3) is 0 Å². The fourth-order valence-corrected chi connectivity index (χ4v) is 6.76. The monoisotopic (exact) mass is 857 g/mol. The Hall–Kier alpha value is -2.24.